The van der Waals surface area contributed by atoms with Gasteiger partial charge in [0, 0.05) is 11.6 Å². The summed E-state index contributed by atoms with van der Waals surface area (Å²) in [6, 6.07) is 9.51. The van der Waals surface area contributed by atoms with Crippen molar-refractivity contribution < 1.29 is 37.0 Å². The van der Waals surface area contributed by atoms with Gasteiger partial charge in [0.25, 0.3) is 0 Å². The predicted octanol–water partition coefficient (Wildman–Crippen LogP) is 5.43. The van der Waals surface area contributed by atoms with Gasteiger partial charge in [0.1, 0.15) is 24.0 Å². The number of hydrogen-bond donors (Lipinski definition) is 0. The van der Waals surface area contributed by atoms with Crippen LogP contribution in [0.25, 0.3) is 11.1 Å². The molecule has 5 nitrogen and oxygen atoms in total. The fraction of sp³-hybridized carbons (Fsp3) is 0.0909. The Balaban J connectivity index is 2.18. The molecule has 0 aromatic heterocycles. The molecule has 0 saturated heterocycles. The first kappa shape index (κ1) is 22.5. The zero-order valence-electron chi connectivity index (χ0n) is 15.9. The van der Waals surface area contributed by atoms with Gasteiger partial charge in [0.2, 0.25) is 0 Å². The van der Waals surface area contributed by atoms with Crippen molar-refractivity contribution in [2.45, 2.75) is 13.1 Å². The normalized spacial score (nSPS) is 11.1. The molecule has 0 radical (unpaired) electrons. The Morgan fingerprint density at radius 3 is 2.20 bits per heavy atom. The lowest BCUT2D eigenvalue weighted by atomic mass is 10.0. The van der Waals surface area contributed by atoms with Crippen molar-refractivity contribution in [1.82, 2.24) is 0 Å². The van der Waals surface area contributed by atoms with Crippen molar-refractivity contribution >= 4 is 11.9 Å². The molecular weight excluding hydrogens is 401 g/mol. The number of carbonyl (C=O) groups is 2. The molecule has 156 valence electrons. The zero-order valence-corrected chi connectivity index (χ0v) is 15.9. The molecule has 0 atom stereocenters. The highest BCUT2D eigenvalue weighted by molar-refractivity contribution is 5.87. The second kappa shape index (κ2) is 9.60. The summed E-state index contributed by atoms with van der Waals surface area (Å²) in [5.41, 5.74) is -0.115. The summed E-state index contributed by atoms with van der Waals surface area (Å²) in [6.07, 6.45) is -1.76. The van der Waals surface area contributed by atoms with E-state index >= 15 is 0 Å². The van der Waals surface area contributed by atoms with Gasteiger partial charge < -0.3 is 14.2 Å². The number of ether oxygens (including phenoxy) is 3. The standard InChI is InChI=1S/C22H17F3O5/c1-4-20(26)30-19-10-7-16(13-18(19)22(23,24)25)15-5-8-17(9-6-15)28-11-12-29-21(27)14(2)3/h4-13H,1-2H2,3H3. The van der Waals surface area contributed by atoms with E-state index in [0.717, 1.165) is 30.7 Å². The van der Waals surface area contributed by atoms with Gasteiger partial charge in [-0.2, -0.15) is 13.2 Å². The van der Waals surface area contributed by atoms with Crippen LogP contribution in [0.1, 0.15) is 12.5 Å². The third-order valence-corrected chi connectivity index (χ3v) is 3.63. The van der Waals surface area contributed by atoms with E-state index < -0.39 is 29.4 Å². The molecule has 8 heteroatoms. The lowest BCUT2D eigenvalue weighted by molar-refractivity contribution is -0.141. The third-order valence-electron chi connectivity index (χ3n) is 3.63. The van der Waals surface area contributed by atoms with Crippen LogP contribution in [0.5, 0.6) is 11.5 Å². The molecule has 2 aromatic rings. The van der Waals surface area contributed by atoms with Crippen molar-refractivity contribution in [2.24, 2.45) is 0 Å². The Kier molecular flexibility index (Phi) is 7.19. The first-order valence-electron chi connectivity index (χ1n) is 8.46. The van der Waals surface area contributed by atoms with Gasteiger partial charge in [-0.1, -0.05) is 31.4 Å². The maximum atomic E-state index is 13.4. The first-order chi connectivity index (χ1) is 14.1. The van der Waals surface area contributed by atoms with Gasteiger partial charge in [-0.3, -0.25) is 0 Å². The van der Waals surface area contributed by atoms with E-state index in [4.69, 9.17) is 9.47 Å². The Morgan fingerprint density at radius 2 is 1.63 bits per heavy atom. The molecule has 0 bridgehead atoms. The first-order valence-corrected chi connectivity index (χ1v) is 8.46. The Labute approximate surface area is 170 Å². The summed E-state index contributed by atoms with van der Waals surface area (Å²) in [5.74, 6) is -1.83. The van der Waals surface area contributed by atoms with E-state index in [9.17, 15) is 22.8 Å². The number of rotatable bonds is 7. The van der Waals surface area contributed by atoms with Gasteiger partial charge in [-0.25, -0.2) is 9.59 Å². The molecule has 0 saturated carbocycles. The molecule has 0 N–H and O–H groups in total. The molecule has 0 amide bonds. The lowest BCUT2D eigenvalue weighted by Gasteiger charge is -2.14. The van der Waals surface area contributed by atoms with Crippen LogP contribution in [0.2, 0.25) is 0 Å². The van der Waals surface area contributed by atoms with Crippen LogP contribution in [0.4, 0.5) is 13.2 Å². The Bertz CT molecular complexity index is 989. The Hall–Kier alpha value is -3.81. The highest BCUT2D eigenvalue weighted by Gasteiger charge is 2.35. The molecule has 0 heterocycles. The Morgan fingerprint density at radius 1 is 1.00 bits per heavy atom. The van der Waals surface area contributed by atoms with E-state index in [0.29, 0.717) is 11.3 Å². The summed E-state index contributed by atoms with van der Waals surface area (Å²) in [7, 11) is 0. The summed E-state index contributed by atoms with van der Waals surface area (Å²) >= 11 is 0. The van der Waals surface area contributed by atoms with Crippen LogP contribution in [0.3, 0.4) is 0 Å². The lowest BCUT2D eigenvalue weighted by Crippen LogP contribution is -2.12. The van der Waals surface area contributed by atoms with Gasteiger partial charge in [-0.15, -0.1) is 0 Å². The number of hydrogen-bond acceptors (Lipinski definition) is 5. The fourth-order valence-electron chi connectivity index (χ4n) is 2.19. The minimum Gasteiger partial charge on any atom is -0.462 e. The summed E-state index contributed by atoms with van der Waals surface area (Å²) < 4.78 is 54.7. The molecular formula is C22H17F3O5. The van der Waals surface area contributed by atoms with Crippen molar-refractivity contribution in [2.75, 3.05) is 0 Å². The van der Waals surface area contributed by atoms with Crippen molar-refractivity contribution in [3.8, 4) is 22.6 Å². The summed E-state index contributed by atoms with van der Waals surface area (Å²) in [4.78, 5) is 22.5. The SMILES string of the molecule is C=CC(=O)Oc1ccc(-c2ccc(OC=COC(=O)C(=C)C)cc2)cc1C(F)(F)F. The molecule has 30 heavy (non-hydrogen) atoms. The second-order valence-corrected chi connectivity index (χ2v) is 5.93. The van der Waals surface area contributed by atoms with Crippen LogP contribution >= 0.6 is 0 Å². The van der Waals surface area contributed by atoms with E-state index in [1.165, 1.54) is 25.1 Å². The number of esters is 2. The number of alkyl halides is 3. The van der Waals surface area contributed by atoms with Crippen LogP contribution in [0, 0.1) is 0 Å². The largest absolute Gasteiger partial charge is 0.462 e. The monoisotopic (exact) mass is 418 g/mol. The van der Waals surface area contributed by atoms with Crippen LogP contribution in [-0.2, 0) is 20.5 Å². The highest BCUT2D eigenvalue weighted by Crippen LogP contribution is 2.39. The van der Waals surface area contributed by atoms with E-state index in [-0.39, 0.29) is 11.1 Å². The minimum atomic E-state index is -4.72. The average molecular weight is 418 g/mol. The van der Waals surface area contributed by atoms with E-state index in [1.807, 2.05) is 0 Å². The maximum absolute atomic E-state index is 13.4. The molecule has 2 rings (SSSR count). The summed E-state index contributed by atoms with van der Waals surface area (Å²) in [5, 5.41) is 0. The van der Waals surface area contributed by atoms with Gasteiger partial charge >= 0.3 is 18.1 Å². The number of benzene rings is 2. The minimum absolute atomic E-state index is 0.229. The third kappa shape index (κ3) is 6.10. The van der Waals surface area contributed by atoms with Crippen molar-refractivity contribution in [3.63, 3.8) is 0 Å². The smallest absolute Gasteiger partial charge is 0.420 e. The molecule has 2 aromatic carbocycles. The van der Waals surface area contributed by atoms with E-state index in [1.54, 1.807) is 12.1 Å². The van der Waals surface area contributed by atoms with Gasteiger partial charge in [-0.05, 0) is 42.3 Å². The molecule has 0 aliphatic heterocycles. The average Bonchev–Trinajstić information content (AvgIpc) is 2.70. The van der Waals surface area contributed by atoms with Gasteiger partial charge in [0.05, 0.1) is 5.56 Å². The predicted molar refractivity (Wildman–Crippen MR) is 103 cm³/mol. The fourth-order valence-corrected chi connectivity index (χ4v) is 2.19. The maximum Gasteiger partial charge on any atom is 0.420 e. The van der Waals surface area contributed by atoms with Crippen molar-refractivity contribution in [1.29, 1.82) is 0 Å². The van der Waals surface area contributed by atoms with Crippen LogP contribution < -0.4 is 9.47 Å². The topological polar surface area (TPSA) is 61.8 Å². The highest BCUT2D eigenvalue weighted by atomic mass is 19.4. The number of carbonyl (C=O) groups excluding carboxylic acids is 2. The second-order valence-electron chi connectivity index (χ2n) is 5.93. The van der Waals surface area contributed by atoms with Crippen LogP contribution in [0.15, 0.2) is 79.8 Å². The zero-order chi connectivity index (χ0) is 22.3. The van der Waals surface area contributed by atoms with Gasteiger partial charge in [0.15, 0.2) is 0 Å². The molecule has 0 fully saturated rings. The molecule has 0 aliphatic carbocycles. The number of halogens is 3. The molecule has 0 unspecified atom stereocenters. The summed E-state index contributed by atoms with van der Waals surface area (Å²) in [6.45, 7) is 8.09. The van der Waals surface area contributed by atoms with Crippen molar-refractivity contribution in [3.05, 3.63) is 85.4 Å². The van der Waals surface area contributed by atoms with Crippen LogP contribution in [-0.4, -0.2) is 11.9 Å². The van der Waals surface area contributed by atoms with E-state index in [2.05, 4.69) is 17.9 Å². The quantitative estimate of drug-likeness (QED) is 0.260. The molecule has 0 aliphatic rings. The molecule has 0 spiro atoms.